The van der Waals surface area contributed by atoms with E-state index in [-0.39, 0.29) is 28.9 Å². The average molecular weight is 288 g/mol. The zero-order valence-electron chi connectivity index (χ0n) is 12.4. The molecule has 0 aliphatic heterocycles. The van der Waals surface area contributed by atoms with Gasteiger partial charge in [-0.1, -0.05) is 20.8 Å². The van der Waals surface area contributed by atoms with Gasteiger partial charge in [-0.05, 0) is 5.41 Å². The van der Waals surface area contributed by atoms with E-state index in [1.165, 1.54) is 12.4 Å². The van der Waals surface area contributed by atoms with Gasteiger partial charge in [-0.3, -0.25) is 4.79 Å². The van der Waals surface area contributed by atoms with Crippen molar-refractivity contribution in [3.63, 3.8) is 0 Å². The van der Waals surface area contributed by atoms with Gasteiger partial charge in [-0.15, -0.1) is 0 Å². The van der Waals surface area contributed by atoms with Crippen LogP contribution in [0.5, 0.6) is 0 Å². The van der Waals surface area contributed by atoms with Crippen LogP contribution in [0.4, 0.5) is 5.82 Å². The molecule has 0 spiro atoms. The lowest BCUT2D eigenvalue weighted by atomic mass is 9.86. The predicted molar refractivity (Wildman–Crippen MR) is 79.4 cm³/mol. The standard InChI is InChI=1S/C14H20N6O/c1-14(2,3)10(8-20-7-6-16-9-20)19-13(21)11-12(15)18-5-4-17-11/h4-7,9-10H,8H2,1-3H3,(H2,15,18)(H,19,21)/t10-/m1/s1. The number of nitrogens with two attached hydrogens (primary N) is 1. The molecule has 0 unspecified atom stereocenters. The Balaban J connectivity index is 2.16. The number of nitrogen functional groups attached to an aromatic ring is 1. The first-order valence-electron chi connectivity index (χ1n) is 6.71. The van der Waals surface area contributed by atoms with Gasteiger partial charge in [0, 0.05) is 31.3 Å². The Morgan fingerprint density at radius 2 is 2.05 bits per heavy atom. The number of rotatable bonds is 4. The van der Waals surface area contributed by atoms with Gasteiger partial charge in [-0.2, -0.15) is 0 Å². The van der Waals surface area contributed by atoms with Gasteiger partial charge in [0.05, 0.1) is 12.4 Å². The molecule has 2 rings (SSSR count). The molecule has 7 heteroatoms. The van der Waals surface area contributed by atoms with Crippen LogP contribution in [0.1, 0.15) is 31.3 Å². The van der Waals surface area contributed by atoms with Crippen molar-refractivity contribution in [2.24, 2.45) is 5.41 Å². The zero-order valence-corrected chi connectivity index (χ0v) is 12.4. The quantitative estimate of drug-likeness (QED) is 0.877. The summed E-state index contributed by atoms with van der Waals surface area (Å²) in [6, 6.07) is -0.0967. The number of amides is 1. The number of hydrogen-bond donors (Lipinski definition) is 2. The molecule has 1 atom stereocenters. The van der Waals surface area contributed by atoms with Gasteiger partial charge in [0.15, 0.2) is 11.5 Å². The maximum absolute atomic E-state index is 12.3. The zero-order chi connectivity index (χ0) is 15.5. The molecular weight excluding hydrogens is 268 g/mol. The predicted octanol–water partition coefficient (Wildman–Crippen LogP) is 1.10. The van der Waals surface area contributed by atoms with E-state index in [0.717, 1.165) is 0 Å². The van der Waals surface area contributed by atoms with Gasteiger partial charge in [0.2, 0.25) is 0 Å². The Bertz CT molecular complexity index is 602. The summed E-state index contributed by atoms with van der Waals surface area (Å²) >= 11 is 0. The fourth-order valence-corrected chi connectivity index (χ4v) is 1.89. The van der Waals surface area contributed by atoms with E-state index in [1.54, 1.807) is 12.5 Å². The first-order valence-corrected chi connectivity index (χ1v) is 6.71. The summed E-state index contributed by atoms with van der Waals surface area (Å²) in [6.07, 6.45) is 8.21. The van der Waals surface area contributed by atoms with Crippen LogP contribution in [0.25, 0.3) is 0 Å². The molecule has 0 radical (unpaired) electrons. The fraction of sp³-hybridized carbons (Fsp3) is 0.429. The Morgan fingerprint density at radius 1 is 1.33 bits per heavy atom. The highest BCUT2D eigenvalue weighted by atomic mass is 16.2. The van der Waals surface area contributed by atoms with Crippen LogP contribution in [0.3, 0.4) is 0 Å². The van der Waals surface area contributed by atoms with Crippen molar-refractivity contribution in [3.05, 3.63) is 36.8 Å². The number of carbonyl (C=O) groups excluding carboxylic acids is 1. The highest BCUT2D eigenvalue weighted by Gasteiger charge is 2.28. The average Bonchev–Trinajstić information content (AvgIpc) is 2.90. The third-order valence-electron chi connectivity index (χ3n) is 3.24. The molecule has 0 bridgehead atoms. The molecule has 0 aromatic carbocycles. The number of nitrogens with one attached hydrogen (secondary N) is 1. The second-order valence-corrected chi connectivity index (χ2v) is 5.94. The minimum atomic E-state index is -0.319. The molecule has 2 heterocycles. The normalized spacial score (nSPS) is 12.9. The molecule has 112 valence electrons. The Labute approximate surface area is 123 Å². The van der Waals surface area contributed by atoms with E-state index in [0.29, 0.717) is 6.54 Å². The van der Waals surface area contributed by atoms with Crippen LogP contribution in [0, 0.1) is 5.41 Å². The lowest BCUT2D eigenvalue weighted by Crippen LogP contribution is -2.46. The number of aromatic nitrogens is 4. The summed E-state index contributed by atoms with van der Waals surface area (Å²) in [6.45, 7) is 6.81. The van der Waals surface area contributed by atoms with Crippen molar-refractivity contribution in [1.82, 2.24) is 24.8 Å². The first kappa shape index (κ1) is 15.0. The van der Waals surface area contributed by atoms with Gasteiger partial charge in [0.1, 0.15) is 0 Å². The topological polar surface area (TPSA) is 98.7 Å². The van der Waals surface area contributed by atoms with E-state index >= 15 is 0 Å². The number of carbonyl (C=O) groups is 1. The molecule has 2 aromatic rings. The van der Waals surface area contributed by atoms with Gasteiger partial charge in [0.25, 0.3) is 5.91 Å². The van der Waals surface area contributed by atoms with Crippen molar-refractivity contribution in [1.29, 1.82) is 0 Å². The minimum Gasteiger partial charge on any atom is -0.382 e. The molecule has 0 aliphatic carbocycles. The van der Waals surface area contributed by atoms with Gasteiger partial charge < -0.3 is 15.6 Å². The summed E-state index contributed by atoms with van der Waals surface area (Å²) < 4.78 is 1.93. The van der Waals surface area contributed by atoms with Crippen LogP contribution in [0.15, 0.2) is 31.1 Å². The second kappa shape index (κ2) is 5.90. The second-order valence-electron chi connectivity index (χ2n) is 5.94. The van der Waals surface area contributed by atoms with Crippen molar-refractivity contribution in [2.75, 3.05) is 5.73 Å². The lowest BCUT2D eigenvalue weighted by Gasteiger charge is -2.31. The SMILES string of the molecule is CC(C)(C)[C@@H](Cn1ccnc1)NC(=O)c1nccnc1N. The van der Waals surface area contributed by atoms with Gasteiger partial charge in [-0.25, -0.2) is 15.0 Å². The van der Waals surface area contributed by atoms with E-state index in [4.69, 9.17) is 5.73 Å². The number of nitrogens with zero attached hydrogens (tertiary/aromatic N) is 4. The van der Waals surface area contributed by atoms with E-state index in [9.17, 15) is 4.79 Å². The fourth-order valence-electron chi connectivity index (χ4n) is 1.89. The van der Waals surface area contributed by atoms with Crippen molar-refractivity contribution in [3.8, 4) is 0 Å². The molecule has 3 N–H and O–H groups in total. The van der Waals surface area contributed by atoms with E-state index < -0.39 is 0 Å². The largest absolute Gasteiger partial charge is 0.382 e. The maximum Gasteiger partial charge on any atom is 0.274 e. The molecule has 0 fully saturated rings. The van der Waals surface area contributed by atoms with Gasteiger partial charge >= 0.3 is 0 Å². The van der Waals surface area contributed by atoms with Crippen molar-refractivity contribution < 1.29 is 4.79 Å². The third kappa shape index (κ3) is 3.77. The van der Waals surface area contributed by atoms with E-state index in [1.807, 2.05) is 10.8 Å². The monoisotopic (exact) mass is 288 g/mol. The lowest BCUT2D eigenvalue weighted by molar-refractivity contribution is 0.0888. The molecule has 21 heavy (non-hydrogen) atoms. The smallest absolute Gasteiger partial charge is 0.274 e. The van der Waals surface area contributed by atoms with E-state index in [2.05, 4.69) is 41.0 Å². The summed E-state index contributed by atoms with van der Waals surface area (Å²) in [7, 11) is 0. The summed E-state index contributed by atoms with van der Waals surface area (Å²) in [5, 5.41) is 2.98. The summed E-state index contributed by atoms with van der Waals surface area (Å²) in [5.74, 6) is -0.189. The highest BCUT2D eigenvalue weighted by molar-refractivity contribution is 5.96. The molecule has 2 aromatic heterocycles. The van der Waals surface area contributed by atoms with Crippen LogP contribution in [0.2, 0.25) is 0 Å². The van der Waals surface area contributed by atoms with Crippen LogP contribution >= 0.6 is 0 Å². The Morgan fingerprint density at radius 3 is 2.62 bits per heavy atom. The number of anilines is 1. The molecule has 7 nitrogen and oxygen atoms in total. The van der Waals surface area contributed by atoms with Crippen molar-refractivity contribution in [2.45, 2.75) is 33.4 Å². The summed E-state index contributed by atoms with van der Waals surface area (Å²) in [5.41, 5.74) is 5.71. The highest BCUT2D eigenvalue weighted by Crippen LogP contribution is 2.21. The van der Waals surface area contributed by atoms with Crippen LogP contribution < -0.4 is 11.1 Å². The first-order chi connectivity index (χ1) is 9.88. The number of hydrogen-bond acceptors (Lipinski definition) is 5. The molecule has 0 saturated heterocycles. The van der Waals surface area contributed by atoms with Crippen LogP contribution in [-0.2, 0) is 6.54 Å². The minimum absolute atomic E-state index is 0.0967. The maximum atomic E-state index is 12.3. The molecule has 0 saturated carbocycles. The molecule has 1 amide bonds. The Kier molecular flexibility index (Phi) is 4.21. The third-order valence-corrected chi connectivity index (χ3v) is 3.24. The summed E-state index contributed by atoms with van der Waals surface area (Å²) in [4.78, 5) is 24.2. The van der Waals surface area contributed by atoms with Crippen LogP contribution in [-0.4, -0.2) is 31.5 Å². The number of imidazole rings is 1. The van der Waals surface area contributed by atoms with Crippen molar-refractivity contribution >= 4 is 11.7 Å². The molecular formula is C14H20N6O. The Hall–Kier alpha value is -2.44. The molecule has 0 aliphatic rings.